The first kappa shape index (κ1) is 13.8. The number of nitrogens with zero attached hydrogens (tertiary/aromatic N) is 4. The van der Waals surface area contributed by atoms with Crippen LogP contribution in [0.4, 0.5) is 0 Å². The van der Waals surface area contributed by atoms with E-state index in [1.54, 1.807) is 0 Å². The summed E-state index contributed by atoms with van der Waals surface area (Å²) >= 11 is 0. The number of piperidine rings is 1. The Morgan fingerprint density at radius 2 is 2.14 bits per heavy atom. The van der Waals surface area contributed by atoms with E-state index in [2.05, 4.69) is 33.6 Å². The maximum absolute atomic E-state index is 8.96. The fourth-order valence-corrected chi connectivity index (χ4v) is 3.12. The molecule has 0 N–H and O–H groups in total. The van der Waals surface area contributed by atoms with Crippen LogP contribution in [0.2, 0.25) is 0 Å². The average Bonchev–Trinajstić information content (AvgIpc) is 2.94. The van der Waals surface area contributed by atoms with E-state index in [1.165, 1.54) is 11.4 Å². The fourth-order valence-electron chi connectivity index (χ4n) is 3.12. The molecule has 1 fully saturated rings. The normalized spacial score (nSPS) is 16.8. The van der Waals surface area contributed by atoms with Crippen molar-refractivity contribution in [2.24, 2.45) is 7.05 Å². The molecule has 0 amide bonds. The molecule has 4 nitrogen and oxygen atoms in total. The van der Waals surface area contributed by atoms with Crippen LogP contribution in [-0.2, 0) is 13.6 Å². The van der Waals surface area contributed by atoms with E-state index in [9.17, 15) is 0 Å². The maximum atomic E-state index is 8.96. The average molecular weight is 280 g/mol. The third-order valence-corrected chi connectivity index (χ3v) is 4.27. The number of rotatable bonds is 3. The lowest BCUT2D eigenvalue weighted by atomic mass is 9.95. The summed E-state index contributed by atoms with van der Waals surface area (Å²) in [6, 6.07) is 10.1. The highest BCUT2D eigenvalue weighted by Crippen LogP contribution is 2.27. The molecule has 21 heavy (non-hydrogen) atoms. The second kappa shape index (κ2) is 6.11. The lowest BCUT2D eigenvalue weighted by Crippen LogP contribution is -2.33. The van der Waals surface area contributed by atoms with Crippen LogP contribution in [0.25, 0.3) is 0 Å². The summed E-state index contributed by atoms with van der Waals surface area (Å²) in [5, 5.41) is 8.96. The van der Waals surface area contributed by atoms with Crippen LogP contribution >= 0.6 is 0 Å². The smallest absolute Gasteiger partial charge is 0.111 e. The quantitative estimate of drug-likeness (QED) is 0.868. The van der Waals surface area contributed by atoms with Crippen LogP contribution in [0.1, 0.15) is 35.7 Å². The van der Waals surface area contributed by atoms with Crippen molar-refractivity contribution in [2.45, 2.75) is 25.3 Å². The summed E-state index contributed by atoms with van der Waals surface area (Å²) in [6.07, 6.45) is 6.22. The lowest BCUT2D eigenvalue weighted by Gasteiger charge is -2.31. The molecule has 1 saturated heterocycles. The largest absolute Gasteiger partial charge is 0.338 e. The molecule has 0 bridgehead atoms. The molecule has 0 saturated carbocycles. The van der Waals surface area contributed by atoms with Crippen molar-refractivity contribution in [3.63, 3.8) is 0 Å². The third kappa shape index (κ3) is 3.14. The first-order valence-electron chi connectivity index (χ1n) is 7.45. The van der Waals surface area contributed by atoms with Gasteiger partial charge in [-0.15, -0.1) is 0 Å². The number of aromatic nitrogens is 2. The molecule has 2 heterocycles. The van der Waals surface area contributed by atoms with Crippen molar-refractivity contribution in [1.82, 2.24) is 14.5 Å². The van der Waals surface area contributed by atoms with E-state index in [1.807, 2.05) is 30.6 Å². The summed E-state index contributed by atoms with van der Waals surface area (Å²) in [7, 11) is 2.07. The zero-order valence-corrected chi connectivity index (χ0v) is 12.4. The Balaban J connectivity index is 1.59. The van der Waals surface area contributed by atoms with Crippen LogP contribution < -0.4 is 0 Å². The minimum Gasteiger partial charge on any atom is -0.338 e. The molecule has 4 heteroatoms. The van der Waals surface area contributed by atoms with Gasteiger partial charge in [-0.25, -0.2) is 4.98 Å². The van der Waals surface area contributed by atoms with Gasteiger partial charge in [0.1, 0.15) is 5.82 Å². The van der Waals surface area contributed by atoms with E-state index in [0.29, 0.717) is 5.92 Å². The number of aryl methyl sites for hydroxylation is 1. The van der Waals surface area contributed by atoms with Crippen LogP contribution in [0.15, 0.2) is 36.7 Å². The van der Waals surface area contributed by atoms with Crippen molar-refractivity contribution in [3.8, 4) is 6.07 Å². The summed E-state index contributed by atoms with van der Waals surface area (Å²) in [5.74, 6) is 1.79. The van der Waals surface area contributed by atoms with Crippen LogP contribution in [0.3, 0.4) is 0 Å². The Kier molecular flexibility index (Phi) is 4.03. The second-order valence-electron chi connectivity index (χ2n) is 5.76. The van der Waals surface area contributed by atoms with Crippen LogP contribution in [-0.4, -0.2) is 27.5 Å². The molecular weight excluding hydrogens is 260 g/mol. The molecule has 0 radical (unpaired) electrons. The number of hydrogen-bond acceptors (Lipinski definition) is 3. The van der Waals surface area contributed by atoms with E-state index >= 15 is 0 Å². The zero-order valence-electron chi connectivity index (χ0n) is 12.4. The Labute approximate surface area is 125 Å². The fraction of sp³-hybridized carbons (Fsp3) is 0.412. The first-order valence-corrected chi connectivity index (χ1v) is 7.45. The highest BCUT2D eigenvalue weighted by atomic mass is 15.1. The molecule has 1 aliphatic heterocycles. The standard InChI is InChI=1S/C17H20N4/c1-20-10-7-19-17(20)16-5-8-21(9-6-16)13-15-4-2-3-14(11-15)12-18/h2-4,7,10-11,16H,5-6,8-9,13H2,1H3. The van der Waals surface area contributed by atoms with E-state index in [-0.39, 0.29) is 0 Å². The van der Waals surface area contributed by atoms with Crippen molar-refractivity contribution in [3.05, 3.63) is 53.6 Å². The molecule has 2 aromatic rings. The Bertz CT molecular complexity index is 645. The van der Waals surface area contributed by atoms with Crippen molar-refractivity contribution < 1.29 is 0 Å². The van der Waals surface area contributed by atoms with Gasteiger partial charge in [-0.05, 0) is 43.6 Å². The molecule has 1 aromatic carbocycles. The first-order chi connectivity index (χ1) is 10.3. The van der Waals surface area contributed by atoms with Crippen molar-refractivity contribution in [2.75, 3.05) is 13.1 Å². The highest BCUT2D eigenvalue weighted by molar-refractivity contribution is 5.32. The summed E-state index contributed by atoms with van der Waals surface area (Å²) in [6.45, 7) is 3.12. The number of nitriles is 1. The lowest BCUT2D eigenvalue weighted by molar-refractivity contribution is 0.200. The van der Waals surface area contributed by atoms with Gasteiger partial charge < -0.3 is 4.57 Å². The minimum atomic E-state index is 0.576. The monoisotopic (exact) mass is 280 g/mol. The van der Waals surface area contributed by atoms with E-state index in [0.717, 1.165) is 38.0 Å². The topological polar surface area (TPSA) is 44.9 Å². The molecule has 0 spiro atoms. The van der Waals surface area contributed by atoms with Gasteiger partial charge in [-0.2, -0.15) is 5.26 Å². The van der Waals surface area contributed by atoms with Gasteiger partial charge in [0.2, 0.25) is 0 Å². The van der Waals surface area contributed by atoms with Gasteiger partial charge in [0, 0.05) is 31.9 Å². The molecular formula is C17H20N4. The second-order valence-corrected chi connectivity index (χ2v) is 5.76. The van der Waals surface area contributed by atoms with Crippen molar-refractivity contribution in [1.29, 1.82) is 5.26 Å². The summed E-state index contributed by atoms with van der Waals surface area (Å²) < 4.78 is 2.14. The molecule has 108 valence electrons. The summed E-state index contributed by atoms with van der Waals surface area (Å²) in [5.41, 5.74) is 1.97. The number of hydrogen-bond donors (Lipinski definition) is 0. The number of likely N-dealkylation sites (tertiary alicyclic amines) is 1. The van der Waals surface area contributed by atoms with Gasteiger partial charge in [0.15, 0.2) is 0 Å². The van der Waals surface area contributed by atoms with Gasteiger partial charge in [-0.3, -0.25) is 4.90 Å². The maximum Gasteiger partial charge on any atom is 0.111 e. The Morgan fingerprint density at radius 1 is 1.33 bits per heavy atom. The third-order valence-electron chi connectivity index (χ3n) is 4.27. The Morgan fingerprint density at radius 3 is 2.81 bits per heavy atom. The molecule has 0 aliphatic carbocycles. The van der Waals surface area contributed by atoms with Crippen molar-refractivity contribution >= 4 is 0 Å². The SMILES string of the molecule is Cn1ccnc1C1CCN(Cc2cccc(C#N)c2)CC1. The molecule has 1 aliphatic rings. The molecule has 3 rings (SSSR count). The molecule has 0 atom stereocenters. The predicted molar refractivity (Wildman–Crippen MR) is 81.6 cm³/mol. The number of imidazole rings is 1. The molecule has 0 unspecified atom stereocenters. The number of benzene rings is 1. The van der Waals surface area contributed by atoms with E-state index < -0.39 is 0 Å². The molecule has 1 aromatic heterocycles. The van der Waals surface area contributed by atoms with Crippen LogP contribution in [0.5, 0.6) is 0 Å². The Hall–Kier alpha value is -2.12. The minimum absolute atomic E-state index is 0.576. The van der Waals surface area contributed by atoms with E-state index in [4.69, 9.17) is 5.26 Å². The highest BCUT2D eigenvalue weighted by Gasteiger charge is 2.23. The van der Waals surface area contributed by atoms with Gasteiger partial charge >= 0.3 is 0 Å². The van der Waals surface area contributed by atoms with Gasteiger partial charge in [0.25, 0.3) is 0 Å². The zero-order chi connectivity index (χ0) is 14.7. The van der Waals surface area contributed by atoms with Gasteiger partial charge in [0.05, 0.1) is 11.6 Å². The van der Waals surface area contributed by atoms with Gasteiger partial charge in [-0.1, -0.05) is 12.1 Å². The predicted octanol–water partition coefficient (Wildman–Crippen LogP) is 2.67. The van der Waals surface area contributed by atoms with Crippen LogP contribution in [0, 0.1) is 11.3 Å². The summed E-state index contributed by atoms with van der Waals surface area (Å²) in [4.78, 5) is 6.95.